The van der Waals surface area contributed by atoms with E-state index in [1.54, 1.807) is 24.3 Å². The molecule has 1 aromatic rings. The molecular weight excluding hydrogens is 336 g/mol. The van der Waals surface area contributed by atoms with Crippen molar-refractivity contribution in [3.63, 3.8) is 0 Å². The molecule has 0 heterocycles. The van der Waals surface area contributed by atoms with Crippen molar-refractivity contribution < 1.29 is 24.2 Å². The van der Waals surface area contributed by atoms with Crippen molar-refractivity contribution in [2.75, 3.05) is 31.7 Å². The van der Waals surface area contributed by atoms with Gasteiger partial charge in [0.2, 0.25) is 0 Å². The van der Waals surface area contributed by atoms with Crippen LogP contribution in [0.25, 0.3) is 6.08 Å². The third-order valence-corrected chi connectivity index (χ3v) is 3.47. The van der Waals surface area contributed by atoms with Gasteiger partial charge >= 0.3 is 11.9 Å². The van der Waals surface area contributed by atoms with Crippen LogP contribution in [0.3, 0.4) is 0 Å². The van der Waals surface area contributed by atoms with Gasteiger partial charge in [-0.15, -0.1) is 0 Å². The maximum absolute atomic E-state index is 11.9. The zero-order valence-electron chi connectivity index (χ0n) is 15.1. The third kappa shape index (κ3) is 5.98. The molecule has 7 heteroatoms. The summed E-state index contributed by atoms with van der Waals surface area (Å²) in [5.74, 6) is -1.51. The van der Waals surface area contributed by atoms with Crippen molar-refractivity contribution in [1.82, 2.24) is 0 Å². The second kappa shape index (κ2) is 9.89. The maximum Gasteiger partial charge on any atom is 0.349 e. The monoisotopic (exact) mass is 358 g/mol. The summed E-state index contributed by atoms with van der Waals surface area (Å²) in [5, 5.41) is 19.2. The smallest absolute Gasteiger partial charge is 0.349 e. The lowest BCUT2D eigenvalue weighted by Gasteiger charge is -2.17. The number of carbonyl (C=O) groups is 2. The van der Waals surface area contributed by atoms with Crippen LogP contribution in [0.1, 0.15) is 19.4 Å². The molecule has 0 aliphatic carbocycles. The molecule has 138 valence electrons. The maximum atomic E-state index is 11.9. The number of ether oxygens (including phenoxy) is 2. The van der Waals surface area contributed by atoms with E-state index >= 15 is 0 Å². The molecular formula is C19H22N2O5. The fourth-order valence-electron chi connectivity index (χ4n) is 1.84. The lowest BCUT2D eigenvalue weighted by molar-refractivity contribution is -0.147. The molecule has 0 unspecified atom stereocenters. The Morgan fingerprint density at radius 2 is 1.92 bits per heavy atom. The van der Waals surface area contributed by atoms with Gasteiger partial charge < -0.3 is 19.5 Å². The number of rotatable bonds is 8. The van der Waals surface area contributed by atoms with Crippen LogP contribution in [-0.4, -0.2) is 43.9 Å². The average molecular weight is 358 g/mol. The molecule has 0 saturated carbocycles. The third-order valence-electron chi connectivity index (χ3n) is 3.47. The normalized spacial score (nSPS) is 10.6. The fourth-order valence-corrected chi connectivity index (χ4v) is 1.84. The van der Waals surface area contributed by atoms with Gasteiger partial charge in [0.1, 0.15) is 30.6 Å². The van der Waals surface area contributed by atoms with Crippen LogP contribution in [0.15, 0.2) is 35.9 Å². The summed E-state index contributed by atoms with van der Waals surface area (Å²) in [5.41, 5.74) is 1.09. The summed E-state index contributed by atoms with van der Waals surface area (Å²) in [6, 6.07) is 6.66. The van der Waals surface area contributed by atoms with E-state index in [0.29, 0.717) is 5.56 Å². The Morgan fingerprint density at radius 1 is 1.31 bits per heavy atom. The fraction of sp³-hybridized carbons (Fsp3) is 0.316. The summed E-state index contributed by atoms with van der Waals surface area (Å²) >= 11 is 0. The van der Waals surface area contributed by atoms with Crippen LogP contribution in [0, 0.1) is 11.3 Å². The number of benzene rings is 1. The van der Waals surface area contributed by atoms with Crippen molar-refractivity contribution in [2.45, 2.75) is 13.8 Å². The summed E-state index contributed by atoms with van der Waals surface area (Å²) in [6.45, 7) is 7.34. The second-order valence-electron chi connectivity index (χ2n) is 5.48. The zero-order valence-corrected chi connectivity index (χ0v) is 15.1. The Kier molecular flexibility index (Phi) is 7.90. The Hall–Kier alpha value is -3.27. The summed E-state index contributed by atoms with van der Waals surface area (Å²) < 4.78 is 9.68. The quantitative estimate of drug-likeness (QED) is 0.330. The van der Waals surface area contributed by atoms with Gasteiger partial charge in [0.25, 0.3) is 0 Å². The number of hydrogen-bond donors (Lipinski definition) is 1. The minimum atomic E-state index is -0.868. The van der Waals surface area contributed by atoms with Gasteiger partial charge in [-0.05, 0) is 32.1 Å². The summed E-state index contributed by atoms with van der Waals surface area (Å²) in [4.78, 5) is 25.1. The standard InChI is InChI=1S/C19H22N2O5/c1-5-21(4)16-7-6-14(17(22)11-16)10-15(12-20)19(24)26-9-8-25-18(23)13(2)3/h6-7,10-11,22H,2,5,8-9H2,1,3-4H3. The van der Waals surface area contributed by atoms with Crippen molar-refractivity contribution in [3.8, 4) is 11.8 Å². The van der Waals surface area contributed by atoms with Gasteiger partial charge in [-0.2, -0.15) is 5.26 Å². The topological polar surface area (TPSA) is 99.9 Å². The number of nitrogens with zero attached hydrogens (tertiary/aromatic N) is 2. The predicted octanol–water partition coefficient (Wildman–Crippen LogP) is 2.42. The largest absolute Gasteiger partial charge is 0.507 e. The van der Waals surface area contributed by atoms with E-state index in [9.17, 15) is 14.7 Å². The Balaban J connectivity index is 2.75. The van der Waals surface area contributed by atoms with Gasteiger partial charge in [-0.3, -0.25) is 0 Å². The van der Waals surface area contributed by atoms with Crippen molar-refractivity contribution in [1.29, 1.82) is 5.26 Å². The van der Waals surface area contributed by atoms with Crippen LogP contribution in [0.5, 0.6) is 5.75 Å². The van der Waals surface area contributed by atoms with Crippen LogP contribution in [0.2, 0.25) is 0 Å². The highest BCUT2D eigenvalue weighted by atomic mass is 16.6. The first kappa shape index (κ1) is 20.8. The number of phenols is 1. The first-order valence-electron chi connectivity index (χ1n) is 7.95. The van der Waals surface area contributed by atoms with Crippen LogP contribution < -0.4 is 4.90 Å². The predicted molar refractivity (Wildman–Crippen MR) is 97.4 cm³/mol. The molecule has 0 fully saturated rings. The Labute approximate surface area is 152 Å². The molecule has 0 saturated heterocycles. The molecule has 1 N–H and O–H groups in total. The zero-order chi connectivity index (χ0) is 19.7. The number of nitriles is 1. The molecule has 0 bridgehead atoms. The van der Waals surface area contributed by atoms with Crippen LogP contribution >= 0.6 is 0 Å². The van der Waals surface area contributed by atoms with E-state index in [0.717, 1.165) is 12.2 Å². The van der Waals surface area contributed by atoms with Gasteiger partial charge in [0.05, 0.1) is 0 Å². The van der Waals surface area contributed by atoms with Crippen LogP contribution in [0.4, 0.5) is 5.69 Å². The lowest BCUT2D eigenvalue weighted by Crippen LogP contribution is -2.15. The first-order chi connectivity index (χ1) is 12.3. The van der Waals surface area contributed by atoms with E-state index in [1.165, 1.54) is 13.0 Å². The SMILES string of the molecule is C=C(C)C(=O)OCCOC(=O)C(C#N)=Cc1ccc(N(C)CC)cc1O. The second-order valence-corrected chi connectivity index (χ2v) is 5.48. The molecule has 0 spiro atoms. The van der Waals surface area contributed by atoms with Crippen molar-refractivity contribution >= 4 is 23.7 Å². The number of anilines is 1. The van der Waals surface area contributed by atoms with Crippen molar-refractivity contribution in [3.05, 3.63) is 41.5 Å². The highest BCUT2D eigenvalue weighted by molar-refractivity contribution is 5.98. The molecule has 0 aliphatic heterocycles. The first-order valence-corrected chi connectivity index (χ1v) is 7.95. The highest BCUT2D eigenvalue weighted by Gasteiger charge is 2.13. The minimum absolute atomic E-state index is 0.0567. The van der Waals surface area contributed by atoms with Gasteiger partial charge in [0, 0.05) is 36.5 Å². The molecule has 0 aromatic heterocycles. The minimum Gasteiger partial charge on any atom is -0.507 e. The van der Waals surface area contributed by atoms with Crippen molar-refractivity contribution in [2.24, 2.45) is 0 Å². The lowest BCUT2D eigenvalue weighted by atomic mass is 10.1. The molecule has 0 radical (unpaired) electrons. The molecule has 7 nitrogen and oxygen atoms in total. The molecule has 26 heavy (non-hydrogen) atoms. The molecule has 1 aromatic carbocycles. The Morgan fingerprint density at radius 3 is 2.42 bits per heavy atom. The van der Waals surface area contributed by atoms with E-state index < -0.39 is 11.9 Å². The molecule has 0 amide bonds. The molecule has 0 atom stereocenters. The number of phenolic OH excluding ortho intramolecular Hbond substituents is 1. The highest BCUT2D eigenvalue weighted by Crippen LogP contribution is 2.26. The Bertz CT molecular complexity index is 762. The van der Waals surface area contributed by atoms with E-state index in [1.807, 2.05) is 18.9 Å². The molecule has 1 rings (SSSR count). The number of esters is 2. The van der Waals surface area contributed by atoms with Gasteiger partial charge in [-0.25, -0.2) is 9.59 Å². The number of carbonyl (C=O) groups excluding carboxylic acids is 2. The van der Waals surface area contributed by atoms with E-state index in [-0.39, 0.29) is 30.1 Å². The number of aromatic hydroxyl groups is 1. The molecule has 0 aliphatic rings. The van der Waals surface area contributed by atoms with Gasteiger partial charge in [-0.1, -0.05) is 6.58 Å². The van der Waals surface area contributed by atoms with Gasteiger partial charge in [0.15, 0.2) is 0 Å². The van der Waals surface area contributed by atoms with E-state index in [4.69, 9.17) is 14.7 Å². The summed E-state index contributed by atoms with van der Waals surface area (Å²) in [6.07, 6.45) is 1.24. The average Bonchev–Trinajstić information content (AvgIpc) is 2.62. The van der Waals surface area contributed by atoms with Crippen LogP contribution in [-0.2, 0) is 19.1 Å². The number of hydrogen-bond acceptors (Lipinski definition) is 7. The summed E-state index contributed by atoms with van der Waals surface area (Å²) in [7, 11) is 1.88. The van der Waals surface area contributed by atoms with E-state index in [2.05, 4.69) is 6.58 Å².